The number of aromatic amines is 1. The first-order valence-corrected chi connectivity index (χ1v) is 7.78. The minimum Gasteiger partial charge on any atom is -0.464 e. The highest BCUT2D eigenvalue weighted by molar-refractivity contribution is 6.34. The maximum Gasteiger partial charge on any atom is 0.198 e. The van der Waals surface area contributed by atoms with E-state index in [2.05, 4.69) is 4.98 Å². The first kappa shape index (κ1) is 13.9. The van der Waals surface area contributed by atoms with Gasteiger partial charge in [-0.2, -0.15) is 0 Å². The summed E-state index contributed by atoms with van der Waals surface area (Å²) in [6.07, 6.45) is 1.48. The molecule has 3 nitrogen and oxygen atoms in total. The number of halogens is 2. The smallest absolute Gasteiger partial charge is 0.198 e. The van der Waals surface area contributed by atoms with Crippen LogP contribution in [0.3, 0.4) is 0 Å². The highest BCUT2D eigenvalue weighted by Gasteiger charge is 2.30. The van der Waals surface area contributed by atoms with Crippen molar-refractivity contribution in [1.29, 1.82) is 0 Å². The Kier molecular flexibility index (Phi) is 3.30. The fourth-order valence-corrected chi connectivity index (χ4v) is 3.68. The number of H-pyrrole nitrogens is 1. The first-order chi connectivity index (χ1) is 10.6. The summed E-state index contributed by atoms with van der Waals surface area (Å²) in [5.41, 5.74) is 3.00. The second-order valence-corrected chi connectivity index (χ2v) is 6.36. The minimum atomic E-state index is -0.851. The number of aliphatic hydroxyl groups excluding tert-OH is 1. The van der Waals surface area contributed by atoms with Gasteiger partial charge in [0.05, 0.1) is 0 Å². The van der Waals surface area contributed by atoms with Crippen molar-refractivity contribution >= 4 is 34.1 Å². The molecule has 2 aromatic carbocycles. The highest BCUT2D eigenvalue weighted by atomic mass is 35.5. The summed E-state index contributed by atoms with van der Waals surface area (Å²) in [4.78, 5) is 3.15. The molecule has 1 aliphatic rings. The first-order valence-electron chi connectivity index (χ1n) is 7.02. The van der Waals surface area contributed by atoms with Crippen LogP contribution in [0.15, 0.2) is 42.6 Å². The summed E-state index contributed by atoms with van der Waals surface area (Å²) in [5, 5.41) is 12.3. The van der Waals surface area contributed by atoms with Crippen LogP contribution in [0.2, 0.25) is 10.0 Å². The molecule has 3 aromatic rings. The van der Waals surface area contributed by atoms with Gasteiger partial charge in [0.25, 0.3) is 0 Å². The Balaban J connectivity index is 1.91. The Labute approximate surface area is 137 Å². The normalized spacial score (nSPS) is 20.7. The number of ether oxygens (including phenoxy) is 1. The Hall–Kier alpha value is -1.68. The predicted octanol–water partition coefficient (Wildman–Crippen LogP) is 4.71. The molecular formula is C17H13Cl2NO2. The zero-order valence-electron chi connectivity index (χ0n) is 11.5. The topological polar surface area (TPSA) is 45.2 Å². The summed E-state index contributed by atoms with van der Waals surface area (Å²) in [6.45, 7) is 0. The van der Waals surface area contributed by atoms with Crippen LogP contribution in [-0.2, 0) is 0 Å². The van der Waals surface area contributed by atoms with Crippen LogP contribution in [0.1, 0.15) is 23.5 Å². The number of hydrogen-bond acceptors (Lipinski definition) is 2. The van der Waals surface area contributed by atoms with Crippen LogP contribution in [0.4, 0.5) is 0 Å². The molecule has 2 N–H and O–H groups in total. The lowest BCUT2D eigenvalue weighted by molar-refractivity contribution is -0.0346. The van der Waals surface area contributed by atoms with Gasteiger partial charge in [0, 0.05) is 45.0 Å². The monoisotopic (exact) mass is 333 g/mol. The van der Waals surface area contributed by atoms with E-state index in [1.54, 1.807) is 6.07 Å². The van der Waals surface area contributed by atoms with Gasteiger partial charge in [-0.15, -0.1) is 0 Å². The molecule has 2 heterocycles. The molecule has 0 unspecified atom stereocenters. The molecule has 4 rings (SSSR count). The van der Waals surface area contributed by atoms with E-state index < -0.39 is 6.29 Å². The Morgan fingerprint density at radius 1 is 1.09 bits per heavy atom. The average molecular weight is 334 g/mol. The maximum absolute atomic E-state index is 10.1. The van der Waals surface area contributed by atoms with Crippen molar-refractivity contribution < 1.29 is 9.84 Å². The Morgan fingerprint density at radius 2 is 1.86 bits per heavy atom. The number of aromatic nitrogens is 1. The lowest BCUT2D eigenvalue weighted by atomic mass is 9.85. The molecule has 1 aromatic heterocycles. The third-order valence-electron chi connectivity index (χ3n) is 4.07. The maximum atomic E-state index is 10.1. The molecule has 5 heteroatoms. The molecule has 0 amide bonds. The van der Waals surface area contributed by atoms with E-state index >= 15 is 0 Å². The average Bonchev–Trinajstić information content (AvgIpc) is 2.94. The van der Waals surface area contributed by atoms with Crippen molar-refractivity contribution in [2.24, 2.45) is 0 Å². The predicted molar refractivity (Wildman–Crippen MR) is 87.9 cm³/mol. The third-order valence-corrected chi connectivity index (χ3v) is 4.51. The lowest BCUT2D eigenvalue weighted by Gasteiger charge is -2.30. The zero-order valence-corrected chi connectivity index (χ0v) is 13.0. The molecule has 1 aliphatic heterocycles. The van der Waals surface area contributed by atoms with Crippen LogP contribution in [0.5, 0.6) is 5.75 Å². The van der Waals surface area contributed by atoms with Crippen LogP contribution in [0.25, 0.3) is 10.9 Å². The quantitative estimate of drug-likeness (QED) is 0.677. The summed E-state index contributed by atoms with van der Waals surface area (Å²) >= 11 is 12.3. The minimum absolute atomic E-state index is 0.00532. The van der Waals surface area contributed by atoms with Gasteiger partial charge < -0.3 is 14.8 Å². The highest BCUT2D eigenvalue weighted by Crippen LogP contribution is 2.44. The second-order valence-electron chi connectivity index (χ2n) is 5.49. The van der Waals surface area contributed by atoms with Gasteiger partial charge in [-0.3, -0.25) is 0 Å². The number of hydrogen-bond donors (Lipinski definition) is 2. The lowest BCUT2D eigenvalue weighted by Crippen LogP contribution is -2.25. The van der Waals surface area contributed by atoms with Gasteiger partial charge in [0.15, 0.2) is 6.29 Å². The molecule has 112 valence electrons. The van der Waals surface area contributed by atoms with Crippen molar-refractivity contribution in [3.05, 3.63) is 63.8 Å². The van der Waals surface area contributed by atoms with Gasteiger partial charge in [0.1, 0.15) is 5.75 Å². The van der Waals surface area contributed by atoms with Gasteiger partial charge in [-0.1, -0.05) is 29.3 Å². The van der Waals surface area contributed by atoms with Gasteiger partial charge in [0.2, 0.25) is 0 Å². The van der Waals surface area contributed by atoms with Crippen molar-refractivity contribution in [2.75, 3.05) is 0 Å². The van der Waals surface area contributed by atoms with Crippen LogP contribution >= 0.6 is 23.2 Å². The van der Waals surface area contributed by atoms with Crippen LogP contribution in [-0.4, -0.2) is 16.4 Å². The van der Waals surface area contributed by atoms with Crippen LogP contribution in [0, 0.1) is 0 Å². The summed E-state index contributed by atoms with van der Waals surface area (Å²) in [6, 6.07) is 11.5. The molecule has 0 aliphatic carbocycles. The molecule has 22 heavy (non-hydrogen) atoms. The van der Waals surface area contributed by atoms with Gasteiger partial charge in [-0.25, -0.2) is 0 Å². The molecule has 0 spiro atoms. The number of fused-ring (bicyclic) bond motifs is 3. The van der Waals surface area contributed by atoms with E-state index in [0.29, 0.717) is 16.5 Å². The van der Waals surface area contributed by atoms with Crippen molar-refractivity contribution in [2.45, 2.75) is 18.6 Å². The van der Waals surface area contributed by atoms with E-state index in [1.165, 1.54) is 0 Å². The number of aliphatic hydroxyl groups is 1. The van der Waals surface area contributed by atoms with Crippen molar-refractivity contribution in [3.8, 4) is 5.75 Å². The van der Waals surface area contributed by atoms with E-state index in [1.807, 2.05) is 36.5 Å². The second kappa shape index (κ2) is 5.20. The standard InChI is InChI=1S/C17H13Cl2NO2/c18-10-5-9(6-11(19)7-10)14-8-16(21)22-17-12(14)1-2-15-13(17)3-4-20-15/h1-7,14,16,20-21H,8H2/t14-,16-/m1/s1. The number of rotatable bonds is 1. The molecule has 0 saturated heterocycles. The summed E-state index contributed by atoms with van der Waals surface area (Å²) in [5.74, 6) is 0.716. The largest absolute Gasteiger partial charge is 0.464 e. The van der Waals surface area contributed by atoms with E-state index in [-0.39, 0.29) is 5.92 Å². The molecule has 0 fully saturated rings. The van der Waals surface area contributed by atoms with Gasteiger partial charge in [-0.05, 0) is 35.9 Å². The SMILES string of the molecule is O[C@H]1C[C@H](c2cc(Cl)cc(Cl)c2)c2ccc3[nH]ccc3c2O1. The Bertz CT molecular complexity index is 839. The van der Waals surface area contributed by atoms with E-state index in [4.69, 9.17) is 27.9 Å². The Morgan fingerprint density at radius 3 is 2.64 bits per heavy atom. The van der Waals surface area contributed by atoms with E-state index in [9.17, 15) is 5.11 Å². The fraction of sp³-hybridized carbons (Fsp3) is 0.176. The fourth-order valence-electron chi connectivity index (χ4n) is 3.13. The van der Waals surface area contributed by atoms with Crippen LogP contribution < -0.4 is 4.74 Å². The van der Waals surface area contributed by atoms with E-state index in [0.717, 1.165) is 27.8 Å². The molecule has 2 atom stereocenters. The molecule has 0 bridgehead atoms. The van der Waals surface area contributed by atoms with Crippen molar-refractivity contribution in [3.63, 3.8) is 0 Å². The number of nitrogens with one attached hydrogen (secondary N) is 1. The molecular weight excluding hydrogens is 321 g/mol. The summed E-state index contributed by atoms with van der Waals surface area (Å²) in [7, 11) is 0. The molecule has 0 radical (unpaired) electrons. The zero-order chi connectivity index (χ0) is 15.3. The van der Waals surface area contributed by atoms with Gasteiger partial charge >= 0.3 is 0 Å². The van der Waals surface area contributed by atoms with Crippen molar-refractivity contribution in [1.82, 2.24) is 4.98 Å². The third kappa shape index (κ3) is 2.26. The summed E-state index contributed by atoms with van der Waals surface area (Å²) < 4.78 is 5.69. The molecule has 0 saturated carbocycles. The number of benzene rings is 2.